The Kier molecular flexibility index (Phi) is 5.73. The molecule has 0 N–H and O–H groups in total. The highest BCUT2D eigenvalue weighted by Crippen LogP contribution is 2.06. The van der Waals surface area contributed by atoms with Gasteiger partial charge in [-0.05, 0) is 24.1 Å². The second kappa shape index (κ2) is 8.02. The van der Waals surface area contributed by atoms with Crippen molar-refractivity contribution in [3.8, 4) is 0 Å². The zero-order chi connectivity index (χ0) is 14.9. The van der Waals surface area contributed by atoms with E-state index in [1.54, 1.807) is 13.0 Å². The van der Waals surface area contributed by atoms with Gasteiger partial charge in [0.15, 0.2) is 0 Å². The second-order valence-corrected chi connectivity index (χ2v) is 4.55. The number of ether oxygens (including phenoxy) is 2. The minimum absolute atomic E-state index is 0.414. The lowest BCUT2D eigenvalue weighted by Gasteiger charge is -2.12. The second-order valence-electron chi connectivity index (χ2n) is 4.55. The van der Waals surface area contributed by atoms with E-state index in [-0.39, 0.29) is 0 Å². The Labute approximate surface area is 124 Å². The van der Waals surface area contributed by atoms with E-state index < -0.39 is 12.3 Å². The molecule has 108 valence electrons. The molecule has 21 heavy (non-hydrogen) atoms. The first-order valence-electron chi connectivity index (χ1n) is 6.83. The monoisotopic (exact) mass is 282 g/mol. The van der Waals surface area contributed by atoms with Crippen LogP contribution in [0.2, 0.25) is 0 Å². The number of esters is 1. The molecule has 0 aromatic heterocycles. The van der Waals surface area contributed by atoms with Crippen LogP contribution in [0.5, 0.6) is 0 Å². The maximum Gasteiger partial charge on any atom is 0.333 e. The largest absolute Gasteiger partial charge is 0.433 e. The van der Waals surface area contributed by atoms with Crippen molar-refractivity contribution >= 4 is 12.0 Å². The fourth-order valence-corrected chi connectivity index (χ4v) is 1.75. The molecule has 1 unspecified atom stereocenters. The summed E-state index contributed by atoms with van der Waals surface area (Å²) in [5.74, 6) is -0.417. The number of carbonyl (C=O) groups is 1. The van der Waals surface area contributed by atoms with E-state index in [2.05, 4.69) is 0 Å². The van der Waals surface area contributed by atoms with Crippen LogP contribution in [0.3, 0.4) is 0 Å². The fourth-order valence-electron chi connectivity index (χ4n) is 1.75. The van der Waals surface area contributed by atoms with Crippen LogP contribution in [0.1, 0.15) is 18.1 Å². The summed E-state index contributed by atoms with van der Waals surface area (Å²) in [7, 11) is 0. The Bertz CT molecular complexity index is 576. The number of rotatable bonds is 6. The summed E-state index contributed by atoms with van der Waals surface area (Å²) >= 11 is 0. The molecule has 0 bridgehead atoms. The number of hydrogen-bond acceptors (Lipinski definition) is 3. The molecule has 0 amide bonds. The Morgan fingerprint density at radius 2 is 1.67 bits per heavy atom. The van der Waals surface area contributed by atoms with Crippen molar-refractivity contribution in [2.24, 2.45) is 0 Å². The summed E-state index contributed by atoms with van der Waals surface area (Å²) < 4.78 is 10.6. The minimum atomic E-state index is -0.585. The van der Waals surface area contributed by atoms with Gasteiger partial charge in [0.05, 0.1) is 6.61 Å². The molecule has 0 spiro atoms. The Hall–Kier alpha value is -2.39. The summed E-state index contributed by atoms with van der Waals surface area (Å²) in [6, 6.07) is 19.3. The molecule has 0 saturated heterocycles. The van der Waals surface area contributed by atoms with E-state index in [4.69, 9.17) is 9.47 Å². The van der Waals surface area contributed by atoms with Crippen LogP contribution in [-0.4, -0.2) is 12.3 Å². The van der Waals surface area contributed by atoms with Crippen molar-refractivity contribution in [3.05, 3.63) is 77.9 Å². The SMILES string of the molecule is CC(OCc1ccccc1)OC(=O)C=Cc1ccccc1. The lowest BCUT2D eigenvalue weighted by atomic mass is 10.2. The van der Waals surface area contributed by atoms with Gasteiger partial charge in [0.25, 0.3) is 0 Å². The topological polar surface area (TPSA) is 35.5 Å². The molecule has 3 heteroatoms. The van der Waals surface area contributed by atoms with E-state index in [1.165, 1.54) is 6.08 Å². The number of hydrogen-bond donors (Lipinski definition) is 0. The molecular weight excluding hydrogens is 264 g/mol. The molecular formula is C18H18O3. The van der Waals surface area contributed by atoms with Gasteiger partial charge in [-0.3, -0.25) is 0 Å². The molecule has 0 saturated carbocycles. The third-order valence-electron chi connectivity index (χ3n) is 2.82. The van der Waals surface area contributed by atoms with Crippen molar-refractivity contribution < 1.29 is 14.3 Å². The fraction of sp³-hybridized carbons (Fsp3) is 0.167. The normalized spacial score (nSPS) is 12.2. The quantitative estimate of drug-likeness (QED) is 0.459. The lowest BCUT2D eigenvalue weighted by molar-refractivity contribution is -0.171. The van der Waals surface area contributed by atoms with Crippen molar-refractivity contribution in [1.82, 2.24) is 0 Å². The first-order valence-corrected chi connectivity index (χ1v) is 6.83. The van der Waals surface area contributed by atoms with Crippen LogP contribution >= 0.6 is 0 Å². The van der Waals surface area contributed by atoms with E-state index in [0.29, 0.717) is 6.61 Å². The van der Waals surface area contributed by atoms with Crippen molar-refractivity contribution in [1.29, 1.82) is 0 Å². The summed E-state index contributed by atoms with van der Waals surface area (Å²) in [5.41, 5.74) is 1.99. The maximum atomic E-state index is 11.6. The van der Waals surface area contributed by atoms with Crippen molar-refractivity contribution in [3.63, 3.8) is 0 Å². The molecule has 0 radical (unpaired) electrons. The first kappa shape index (κ1) is 15.0. The van der Waals surface area contributed by atoms with Crippen LogP contribution in [0, 0.1) is 0 Å². The molecule has 1 atom stereocenters. The third-order valence-corrected chi connectivity index (χ3v) is 2.82. The molecule has 2 aromatic rings. The molecule has 0 heterocycles. The summed E-state index contributed by atoms with van der Waals surface area (Å²) in [4.78, 5) is 11.6. The zero-order valence-corrected chi connectivity index (χ0v) is 11.9. The van der Waals surface area contributed by atoms with Crippen molar-refractivity contribution in [2.45, 2.75) is 19.8 Å². The molecule has 2 aromatic carbocycles. The average Bonchev–Trinajstić information content (AvgIpc) is 2.53. The van der Waals surface area contributed by atoms with E-state index in [0.717, 1.165) is 11.1 Å². The number of carbonyl (C=O) groups excluding carboxylic acids is 1. The average molecular weight is 282 g/mol. The third kappa shape index (κ3) is 5.63. The Morgan fingerprint density at radius 1 is 1.05 bits per heavy atom. The van der Waals surface area contributed by atoms with Gasteiger partial charge in [0.2, 0.25) is 6.29 Å². The van der Waals surface area contributed by atoms with E-state index in [1.807, 2.05) is 60.7 Å². The van der Waals surface area contributed by atoms with Gasteiger partial charge < -0.3 is 9.47 Å². The van der Waals surface area contributed by atoms with Crippen LogP contribution in [0.25, 0.3) is 6.08 Å². The lowest BCUT2D eigenvalue weighted by Crippen LogP contribution is -2.16. The molecule has 0 aliphatic heterocycles. The summed E-state index contributed by atoms with van der Waals surface area (Å²) in [5, 5.41) is 0. The van der Waals surface area contributed by atoms with Crippen LogP contribution < -0.4 is 0 Å². The van der Waals surface area contributed by atoms with Gasteiger partial charge in [0, 0.05) is 6.08 Å². The molecule has 3 nitrogen and oxygen atoms in total. The predicted octanol–water partition coefficient (Wildman–Crippen LogP) is 3.81. The summed E-state index contributed by atoms with van der Waals surface area (Å²) in [6.45, 7) is 2.12. The highest BCUT2D eigenvalue weighted by Gasteiger charge is 2.06. The van der Waals surface area contributed by atoms with Crippen LogP contribution in [0.15, 0.2) is 66.7 Å². The van der Waals surface area contributed by atoms with E-state index >= 15 is 0 Å². The van der Waals surface area contributed by atoms with Gasteiger partial charge in [-0.2, -0.15) is 0 Å². The van der Waals surface area contributed by atoms with Gasteiger partial charge in [0.1, 0.15) is 0 Å². The van der Waals surface area contributed by atoms with Gasteiger partial charge >= 0.3 is 5.97 Å². The summed E-state index contributed by atoms with van der Waals surface area (Å²) in [6.07, 6.45) is 2.53. The zero-order valence-electron chi connectivity index (χ0n) is 11.9. The van der Waals surface area contributed by atoms with E-state index in [9.17, 15) is 4.79 Å². The van der Waals surface area contributed by atoms with Crippen LogP contribution in [-0.2, 0) is 20.9 Å². The first-order chi connectivity index (χ1) is 10.2. The van der Waals surface area contributed by atoms with Crippen molar-refractivity contribution in [2.75, 3.05) is 0 Å². The Morgan fingerprint density at radius 3 is 2.33 bits per heavy atom. The highest BCUT2D eigenvalue weighted by molar-refractivity contribution is 5.87. The molecule has 0 aliphatic carbocycles. The predicted molar refractivity (Wildman–Crippen MR) is 82.3 cm³/mol. The maximum absolute atomic E-state index is 11.6. The minimum Gasteiger partial charge on any atom is -0.433 e. The smallest absolute Gasteiger partial charge is 0.333 e. The Balaban J connectivity index is 1.76. The van der Waals surface area contributed by atoms with Crippen LogP contribution in [0.4, 0.5) is 0 Å². The van der Waals surface area contributed by atoms with Gasteiger partial charge in [-0.25, -0.2) is 4.79 Å². The molecule has 2 rings (SSSR count). The highest BCUT2D eigenvalue weighted by atomic mass is 16.7. The molecule has 0 aliphatic rings. The van der Waals surface area contributed by atoms with Gasteiger partial charge in [-0.15, -0.1) is 0 Å². The number of benzene rings is 2. The van der Waals surface area contributed by atoms with Gasteiger partial charge in [-0.1, -0.05) is 60.7 Å². The molecule has 0 fully saturated rings. The standard InChI is InChI=1S/C18H18O3/c1-15(20-14-17-10-6-3-7-11-17)21-18(19)13-12-16-8-4-2-5-9-16/h2-13,15H,14H2,1H3.